The second kappa shape index (κ2) is 11.5. The first-order valence-electron chi connectivity index (χ1n) is 6.49. The average molecular weight is 214 g/mol. The van der Waals surface area contributed by atoms with Crippen LogP contribution in [0.1, 0.15) is 77.6 Å². The second-order valence-electron chi connectivity index (χ2n) is 4.33. The first-order chi connectivity index (χ1) is 7.27. The maximum Gasteiger partial charge on any atom is 0.303 e. The number of hydrogen-bond acceptors (Lipinski definition) is 1. The second-order valence-corrected chi connectivity index (χ2v) is 4.33. The largest absolute Gasteiger partial charge is 0.481 e. The number of carboxylic acids is 1. The minimum Gasteiger partial charge on any atom is -0.481 e. The molecule has 0 radical (unpaired) electrons. The molecule has 90 valence electrons. The third-order valence-electron chi connectivity index (χ3n) is 2.74. The Kier molecular flexibility index (Phi) is 11.1. The molecule has 0 amide bonds. The van der Waals surface area contributed by atoms with E-state index < -0.39 is 5.97 Å². The molecule has 0 bridgehead atoms. The molecule has 1 fully saturated rings. The molecule has 1 aliphatic carbocycles. The maximum absolute atomic E-state index is 9.96. The highest BCUT2D eigenvalue weighted by atomic mass is 16.4. The molecule has 0 spiro atoms. The van der Waals surface area contributed by atoms with Gasteiger partial charge in [-0.1, -0.05) is 64.7 Å². The predicted octanol–water partition coefficient (Wildman–Crippen LogP) is 4.38. The van der Waals surface area contributed by atoms with Crippen molar-refractivity contribution in [3.63, 3.8) is 0 Å². The molecule has 0 aromatic carbocycles. The van der Waals surface area contributed by atoms with Crippen LogP contribution in [0.25, 0.3) is 0 Å². The summed E-state index contributed by atoms with van der Waals surface area (Å²) >= 11 is 0. The van der Waals surface area contributed by atoms with Gasteiger partial charge in [-0.15, -0.1) is 0 Å². The summed E-state index contributed by atoms with van der Waals surface area (Å²) in [6, 6.07) is 0. The fraction of sp³-hybridized carbons (Fsp3) is 0.923. The lowest BCUT2D eigenvalue weighted by molar-refractivity contribution is -0.137. The predicted molar refractivity (Wildman–Crippen MR) is 64.1 cm³/mol. The lowest BCUT2D eigenvalue weighted by atomic mass is 10.0. The molecule has 1 N–H and O–H groups in total. The van der Waals surface area contributed by atoms with Crippen molar-refractivity contribution >= 4 is 5.97 Å². The quantitative estimate of drug-likeness (QED) is 0.689. The summed E-state index contributed by atoms with van der Waals surface area (Å²) in [5.41, 5.74) is 0. The van der Waals surface area contributed by atoms with Crippen molar-refractivity contribution in [2.24, 2.45) is 0 Å². The number of unbranched alkanes of at least 4 members (excludes halogenated alkanes) is 3. The van der Waals surface area contributed by atoms with Gasteiger partial charge in [0.05, 0.1) is 0 Å². The molecule has 2 nitrogen and oxygen atoms in total. The topological polar surface area (TPSA) is 37.3 Å². The first kappa shape index (κ1) is 14.5. The van der Waals surface area contributed by atoms with Crippen LogP contribution in [0.2, 0.25) is 0 Å². The number of hydrogen-bond donors (Lipinski definition) is 1. The highest BCUT2D eigenvalue weighted by molar-refractivity contribution is 5.66. The van der Waals surface area contributed by atoms with Gasteiger partial charge in [0.1, 0.15) is 0 Å². The van der Waals surface area contributed by atoms with Gasteiger partial charge in [-0.25, -0.2) is 0 Å². The van der Waals surface area contributed by atoms with Crippen molar-refractivity contribution in [3.05, 3.63) is 0 Å². The van der Waals surface area contributed by atoms with E-state index in [0.717, 1.165) is 19.3 Å². The van der Waals surface area contributed by atoms with Crippen LogP contribution in [0.15, 0.2) is 0 Å². The zero-order valence-electron chi connectivity index (χ0n) is 10.1. The van der Waals surface area contributed by atoms with E-state index in [0.29, 0.717) is 6.42 Å². The van der Waals surface area contributed by atoms with Gasteiger partial charge in [-0.3, -0.25) is 4.79 Å². The summed E-state index contributed by atoms with van der Waals surface area (Å²) in [5.74, 6) is -0.675. The van der Waals surface area contributed by atoms with Crippen LogP contribution in [-0.4, -0.2) is 11.1 Å². The van der Waals surface area contributed by atoms with E-state index in [2.05, 4.69) is 6.92 Å². The van der Waals surface area contributed by atoms with Gasteiger partial charge >= 0.3 is 5.97 Å². The minimum absolute atomic E-state index is 0.333. The van der Waals surface area contributed by atoms with Crippen LogP contribution in [-0.2, 0) is 4.79 Å². The molecule has 0 aromatic rings. The monoisotopic (exact) mass is 214 g/mol. The zero-order chi connectivity index (χ0) is 11.4. The summed E-state index contributed by atoms with van der Waals surface area (Å²) in [5, 5.41) is 8.21. The van der Waals surface area contributed by atoms with E-state index in [1.54, 1.807) is 0 Å². The highest BCUT2D eigenvalue weighted by Crippen LogP contribution is 2.15. The Morgan fingerprint density at radius 2 is 1.40 bits per heavy atom. The lowest BCUT2D eigenvalue weighted by Crippen LogP contribution is -1.92. The van der Waals surface area contributed by atoms with Gasteiger partial charge in [-0.05, 0) is 6.42 Å². The van der Waals surface area contributed by atoms with Gasteiger partial charge in [0.15, 0.2) is 0 Å². The van der Waals surface area contributed by atoms with Crippen LogP contribution in [0.4, 0.5) is 0 Å². The Labute approximate surface area is 94.1 Å². The molecule has 0 aliphatic heterocycles. The van der Waals surface area contributed by atoms with E-state index >= 15 is 0 Å². The van der Waals surface area contributed by atoms with Crippen LogP contribution >= 0.6 is 0 Å². The van der Waals surface area contributed by atoms with Crippen molar-refractivity contribution < 1.29 is 9.90 Å². The number of carboxylic acid groups (broad SMARTS) is 1. The van der Waals surface area contributed by atoms with Gasteiger partial charge in [0, 0.05) is 6.42 Å². The normalized spacial score (nSPS) is 15.3. The minimum atomic E-state index is -0.675. The van der Waals surface area contributed by atoms with E-state index in [4.69, 9.17) is 5.11 Å². The number of carbonyl (C=O) groups is 1. The summed E-state index contributed by atoms with van der Waals surface area (Å²) in [6.45, 7) is 2.11. The van der Waals surface area contributed by atoms with Crippen LogP contribution in [0, 0.1) is 0 Å². The molecule has 0 heterocycles. The molecule has 0 aromatic heterocycles. The van der Waals surface area contributed by atoms with Gasteiger partial charge in [0.2, 0.25) is 0 Å². The van der Waals surface area contributed by atoms with Crippen LogP contribution in [0.3, 0.4) is 0 Å². The summed E-state index contributed by atoms with van der Waals surface area (Å²) < 4.78 is 0. The third kappa shape index (κ3) is 13.5. The lowest BCUT2D eigenvalue weighted by Gasteiger charge is -2.05. The van der Waals surface area contributed by atoms with Gasteiger partial charge < -0.3 is 5.11 Å². The number of aliphatic carboxylic acids is 1. The molecule has 2 heteroatoms. The molecule has 1 saturated carbocycles. The third-order valence-corrected chi connectivity index (χ3v) is 2.74. The summed E-state index contributed by atoms with van der Waals surface area (Å²) in [7, 11) is 0. The molecule has 1 aliphatic rings. The highest BCUT2D eigenvalue weighted by Gasteiger charge is 1.95. The Balaban J connectivity index is 0.000000280. The fourth-order valence-corrected chi connectivity index (χ4v) is 1.76. The van der Waals surface area contributed by atoms with E-state index in [1.807, 2.05) is 0 Å². The first-order valence-corrected chi connectivity index (χ1v) is 6.49. The molecular weight excluding hydrogens is 188 g/mol. The van der Waals surface area contributed by atoms with Crippen molar-refractivity contribution in [2.75, 3.05) is 0 Å². The summed E-state index contributed by atoms with van der Waals surface area (Å²) in [6.07, 6.45) is 13.6. The Hall–Kier alpha value is -0.530. The SMILES string of the molecule is C1CCCCC1.CCCCCCC(=O)O. The van der Waals surface area contributed by atoms with Gasteiger partial charge in [-0.2, -0.15) is 0 Å². The summed E-state index contributed by atoms with van der Waals surface area (Å²) in [4.78, 5) is 9.96. The van der Waals surface area contributed by atoms with Crippen LogP contribution < -0.4 is 0 Å². The Morgan fingerprint density at radius 3 is 1.73 bits per heavy atom. The fourth-order valence-electron chi connectivity index (χ4n) is 1.76. The van der Waals surface area contributed by atoms with Gasteiger partial charge in [0.25, 0.3) is 0 Å². The number of rotatable bonds is 5. The average Bonchev–Trinajstić information content (AvgIpc) is 2.28. The Bertz CT molecular complexity index is 128. The van der Waals surface area contributed by atoms with E-state index in [1.165, 1.54) is 44.9 Å². The molecular formula is C13H26O2. The molecule has 15 heavy (non-hydrogen) atoms. The maximum atomic E-state index is 9.96. The Morgan fingerprint density at radius 1 is 0.933 bits per heavy atom. The standard InChI is InChI=1S/C7H14O2.C6H12/c1-2-3-4-5-6-7(8)9;1-2-4-6-5-3-1/h2-6H2,1H3,(H,8,9);1-6H2. The van der Waals surface area contributed by atoms with Crippen LogP contribution in [0.5, 0.6) is 0 Å². The zero-order valence-corrected chi connectivity index (χ0v) is 10.1. The van der Waals surface area contributed by atoms with E-state index in [9.17, 15) is 4.79 Å². The molecule has 0 atom stereocenters. The molecule has 0 saturated heterocycles. The molecule has 0 unspecified atom stereocenters. The van der Waals surface area contributed by atoms with Crippen molar-refractivity contribution in [2.45, 2.75) is 77.6 Å². The van der Waals surface area contributed by atoms with Crippen molar-refractivity contribution in [1.29, 1.82) is 0 Å². The van der Waals surface area contributed by atoms with E-state index in [-0.39, 0.29) is 0 Å². The van der Waals surface area contributed by atoms with Crippen molar-refractivity contribution in [1.82, 2.24) is 0 Å². The molecule has 1 rings (SSSR count). The van der Waals surface area contributed by atoms with Crippen molar-refractivity contribution in [3.8, 4) is 0 Å². The smallest absolute Gasteiger partial charge is 0.303 e.